The number of Topliss-reactive ketones (excluding diaryl/α,β-unsaturated/α-hetero) is 1. The zero-order valence-electron chi connectivity index (χ0n) is 18.8. The Morgan fingerprint density at radius 2 is 1.65 bits per heavy atom. The molecule has 1 aromatic carbocycles. The Hall–Kier alpha value is -1.30. The highest BCUT2D eigenvalue weighted by molar-refractivity contribution is 7.89. The van der Waals surface area contributed by atoms with Crippen LogP contribution in [0, 0.1) is 0 Å². The van der Waals surface area contributed by atoms with Gasteiger partial charge in [-0.3, -0.25) is 9.69 Å². The van der Waals surface area contributed by atoms with Crippen molar-refractivity contribution in [1.82, 2.24) is 9.21 Å². The molecule has 12 heteroatoms. The van der Waals surface area contributed by atoms with E-state index in [9.17, 15) is 35.2 Å². The molecule has 0 spiro atoms. The normalized spacial score (nSPS) is 22.0. The summed E-state index contributed by atoms with van der Waals surface area (Å²) in [6.07, 6.45) is -4.80. The summed E-state index contributed by atoms with van der Waals surface area (Å²) in [5.74, 6) is -3.27. The van der Waals surface area contributed by atoms with Crippen LogP contribution in [0.5, 0.6) is 0 Å². The van der Waals surface area contributed by atoms with Crippen molar-refractivity contribution in [2.45, 2.75) is 63.1 Å². The summed E-state index contributed by atoms with van der Waals surface area (Å²) >= 11 is 5.95. The fraction of sp³-hybridized carbons (Fsp3) is 0.682. The van der Waals surface area contributed by atoms with E-state index in [4.69, 9.17) is 11.6 Å². The Morgan fingerprint density at radius 3 is 2.15 bits per heavy atom. The molecule has 0 aromatic heterocycles. The first-order valence-electron chi connectivity index (χ1n) is 11.2. The number of nitrogens with zero attached hydrogens (tertiary/aromatic N) is 2. The van der Waals surface area contributed by atoms with Gasteiger partial charge in [0.05, 0.1) is 16.3 Å². The lowest BCUT2D eigenvalue weighted by molar-refractivity contribution is -0.137. The van der Waals surface area contributed by atoms with Crippen LogP contribution in [-0.2, 0) is 16.2 Å². The maximum atomic E-state index is 13.9. The summed E-state index contributed by atoms with van der Waals surface area (Å²) in [4.78, 5) is 14.8. The van der Waals surface area contributed by atoms with E-state index in [1.165, 1.54) is 4.31 Å². The van der Waals surface area contributed by atoms with Crippen molar-refractivity contribution in [3.63, 3.8) is 0 Å². The van der Waals surface area contributed by atoms with Crippen LogP contribution in [0.2, 0.25) is 5.02 Å². The first kappa shape index (κ1) is 27.3. The highest BCUT2D eigenvalue weighted by atomic mass is 35.5. The summed E-state index contributed by atoms with van der Waals surface area (Å²) in [5.41, 5.74) is -1.71. The molecule has 0 N–H and O–H groups in total. The lowest BCUT2D eigenvalue weighted by Crippen LogP contribution is -2.60. The van der Waals surface area contributed by atoms with Gasteiger partial charge < -0.3 is 0 Å². The lowest BCUT2D eigenvalue weighted by atomic mass is 9.74. The number of hydrogen-bond donors (Lipinski definition) is 0. The molecule has 192 valence electrons. The lowest BCUT2D eigenvalue weighted by Gasteiger charge is -2.51. The zero-order chi connectivity index (χ0) is 25.4. The van der Waals surface area contributed by atoms with Gasteiger partial charge in [-0.1, -0.05) is 11.6 Å². The van der Waals surface area contributed by atoms with E-state index in [0.29, 0.717) is 19.2 Å². The standard InChI is InChI=1S/C22H28ClF5N2O3S/c1-2-34(32,33)30-13-11-29(12-14-30)20(7-9-21(24,25)10-8-20)6-5-19(31)17-4-3-16(15-18(17)23)22(26,27)28/h3-4,15H,2,5-14H2,1H3. The molecule has 0 radical (unpaired) electrons. The summed E-state index contributed by atoms with van der Waals surface area (Å²) in [6.45, 7) is 2.77. The van der Waals surface area contributed by atoms with E-state index < -0.39 is 39.0 Å². The van der Waals surface area contributed by atoms with E-state index >= 15 is 0 Å². The molecule has 0 atom stereocenters. The van der Waals surface area contributed by atoms with Crippen LogP contribution in [0.25, 0.3) is 0 Å². The topological polar surface area (TPSA) is 57.7 Å². The second-order valence-corrected chi connectivity index (χ2v) is 11.6. The molecule has 1 aromatic rings. The van der Waals surface area contributed by atoms with Crippen LogP contribution in [-0.4, -0.2) is 66.8 Å². The molecule has 2 fully saturated rings. The summed E-state index contributed by atoms with van der Waals surface area (Å²) in [7, 11) is -3.36. The van der Waals surface area contributed by atoms with Crippen LogP contribution in [0.15, 0.2) is 18.2 Å². The first-order valence-corrected chi connectivity index (χ1v) is 13.2. The van der Waals surface area contributed by atoms with E-state index in [2.05, 4.69) is 0 Å². The van der Waals surface area contributed by atoms with Crippen molar-refractivity contribution < 1.29 is 35.2 Å². The Labute approximate surface area is 201 Å². The van der Waals surface area contributed by atoms with Gasteiger partial charge in [0.25, 0.3) is 0 Å². The largest absolute Gasteiger partial charge is 0.416 e. The van der Waals surface area contributed by atoms with Gasteiger partial charge in [0.15, 0.2) is 5.78 Å². The molecule has 1 saturated heterocycles. The second-order valence-electron chi connectivity index (χ2n) is 8.98. The Morgan fingerprint density at radius 1 is 1.06 bits per heavy atom. The number of sulfonamides is 1. The summed E-state index contributed by atoms with van der Waals surface area (Å²) < 4.78 is 92.3. The summed E-state index contributed by atoms with van der Waals surface area (Å²) in [6, 6.07) is 2.55. The van der Waals surface area contributed by atoms with Gasteiger partial charge in [0.2, 0.25) is 15.9 Å². The molecule has 1 heterocycles. The molecule has 0 amide bonds. The van der Waals surface area contributed by atoms with Crippen LogP contribution in [0.4, 0.5) is 22.0 Å². The Balaban J connectivity index is 1.74. The van der Waals surface area contributed by atoms with Crippen LogP contribution >= 0.6 is 11.6 Å². The van der Waals surface area contributed by atoms with Crippen LogP contribution < -0.4 is 0 Å². The predicted octanol–water partition coefficient (Wildman–Crippen LogP) is 5.24. The highest BCUT2D eigenvalue weighted by Crippen LogP contribution is 2.44. The van der Waals surface area contributed by atoms with Crippen molar-refractivity contribution in [3.8, 4) is 0 Å². The van der Waals surface area contributed by atoms with Crippen molar-refractivity contribution in [3.05, 3.63) is 34.3 Å². The minimum absolute atomic E-state index is 0.0211. The number of piperazine rings is 1. The second kappa shape index (κ2) is 9.99. The molecular formula is C22H28ClF5N2O3S. The van der Waals surface area contributed by atoms with Crippen molar-refractivity contribution >= 4 is 27.4 Å². The molecule has 0 bridgehead atoms. The SMILES string of the molecule is CCS(=O)(=O)N1CCN(C2(CCC(=O)c3ccc(C(F)(F)F)cc3Cl)CCC(F)(F)CC2)CC1. The fourth-order valence-corrected chi connectivity index (χ4v) is 6.20. The molecular weight excluding hydrogens is 503 g/mol. The minimum Gasteiger partial charge on any atom is -0.295 e. The smallest absolute Gasteiger partial charge is 0.295 e. The number of halogens is 6. The van der Waals surface area contributed by atoms with Crippen molar-refractivity contribution in [2.75, 3.05) is 31.9 Å². The average Bonchev–Trinajstić information content (AvgIpc) is 2.78. The molecule has 1 aliphatic carbocycles. The maximum absolute atomic E-state index is 13.9. The van der Waals surface area contributed by atoms with E-state index in [1.807, 2.05) is 4.90 Å². The van der Waals surface area contributed by atoms with E-state index in [0.717, 1.165) is 12.1 Å². The van der Waals surface area contributed by atoms with Gasteiger partial charge in [0.1, 0.15) is 0 Å². The number of hydrogen-bond acceptors (Lipinski definition) is 4. The molecule has 3 rings (SSSR count). The van der Waals surface area contributed by atoms with E-state index in [-0.39, 0.29) is 68.0 Å². The van der Waals surface area contributed by atoms with Gasteiger partial charge in [-0.2, -0.15) is 17.5 Å². The third-order valence-corrected chi connectivity index (χ3v) is 9.19. The van der Waals surface area contributed by atoms with Gasteiger partial charge in [0, 0.05) is 56.5 Å². The van der Waals surface area contributed by atoms with Crippen LogP contribution in [0.3, 0.4) is 0 Å². The van der Waals surface area contributed by atoms with Crippen molar-refractivity contribution in [1.29, 1.82) is 0 Å². The average molecular weight is 531 g/mol. The van der Waals surface area contributed by atoms with E-state index in [1.54, 1.807) is 6.92 Å². The number of carbonyl (C=O) groups is 1. The molecule has 0 unspecified atom stereocenters. The third-order valence-electron chi connectivity index (χ3n) is 6.99. The van der Waals surface area contributed by atoms with Gasteiger partial charge in [-0.15, -0.1) is 0 Å². The van der Waals surface area contributed by atoms with Gasteiger partial charge >= 0.3 is 6.18 Å². The number of alkyl halides is 5. The minimum atomic E-state index is -4.59. The van der Waals surface area contributed by atoms with Crippen molar-refractivity contribution in [2.24, 2.45) is 0 Å². The number of benzene rings is 1. The molecule has 34 heavy (non-hydrogen) atoms. The molecule has 1 saturated carbocycles. The van der Waals surface area contributed by atoms with Crippen LogP contribution in [0.1, 0.15) is 61.4 Å². The Kier molecular flexibility index (Phi) is 8.01. The summed E-state index contributed by atoms with van der Waals surface area (Å²) in [5, 5.41) is -0.303. The molecule has 2 aliphatic rings. The predicted molar refractivity (Wildman–Crippen MR) is 119 cm³/mol. The highest BCUT2D eigenvalue weighted by Gasteiger charge is 2.47. The van der Waals surface area contributed by atoms with Gasteiger partial charge in [-0.25, -0.2) is 17.2 Å². The zero-order valence-corrected chi connectivity index (χ0v) is 20.4. The molecule has 1 aliphatic heterocycles. The molecule has 5 nitrogen and oxygen atoms in total. The first-order chi connectivity index (χ1) is 15.7. The number of rotatable bonds is 7. The van der Waals surface area contributed by atoms with Gasteiger partial charge in [-0.05, 0) is 44.4 Å². The monoisotopic (exact) mass is 530 g/mol. The third kappa shape index (κ3) is 6.09. The fourth-order valence-electron chi connectivity index (χ4n) is 4.83. The maximum Gasteiger partial charge on any atom is 0.416 e. The number of ketones is 1. The quantitative estimate of drug-likeness (QED) is 0.357. The number of carbonyl (C=O) groups excluding carboxylic acids is 1. The Bertz CT molecular complexity index is 998.